The number of ether oxygens (including phenoxy) is 1. The van der Waals surface area contributed by atoms with Crippen molar-refractivity contribution >= 4 is 36.0 Å². The molecule has 1 atom stereocenters. The number of nitrogens with one attached hydrogen (secondary N) is 2. The Bertz CT molecular complexity index is 481. The van der Waals surface area contributed by atoms with E-state index in [1.807, 2.05) is 14.0 Å². The maximum Gasteiger partial charge on any atom is 0.409 e. The van der Waals surface area contributed by atoms with Crippen LogP contribution in [-0.4, -0.2) is 80.8 Å². The number of carbonyl (C=O) groups excluding carboxylic acids is 1. The minimum Gasteiger partial charge on any atom is -0.450 e. The molecule has 0 radical (unpaired) electrons. The first kappa shape index (κ1) is 25.3. The van der Waals surface area contributed by atoms with Gasteiger partial charge in [0.05, 0.1) is 6.61 Å². The van der Waals surface area contributed by atoms with E-state index >= 15 is 0 Å². The van der Waals surface area contributed by atoms with E-state index in [0.717, 1.165) is 44.4 Å². The van der Waals surface area contributed by atoms with Gasteiger partial charge in [0.25, 0.3) is 0 Å². The molecule has 0 aromatic rings. The minimum absolute atomic E-state index is 0. The number of hydrogen-bond donors (Lipinski definition) is 2. The molecular weight excluding hydrogens is 469 g/mol. The number of carbonyl (C=O) groups is 1. The third-order valence-corrected chi connectivity index (χ3v) is 5.37. The van der Waals surface area contributed by atoms with E-state index in [9.17, 15) is 4.79 Å². The first-order chi connectivity index (χ1) is 13.0. The van der Waals surface area contributed by atoms with E-state index in [1.54, 1.807) is 4.90 Å². The molecule has 2 aliphatic rings. The van der Waals surface area contributed by atoms with Gasteiger partial charge in [0.15, 0.2) is 5.96 Å². The molecule has 0 spiro atoms. The molecule has 2 fully saturated rings. The summed E-state index contributed by atoms with van der Waals surface area (Å²) in [7, 11) is 1.83. The smallest absolute Gasteiger partial charge is 0.409 e. The highest BCUT2D eigenvalue weighted by molar-refractivity contribution is 14.0. The molecule has 0 saturated carbocycles. The average molecular weight is 509 g/mol. The SMILES string of the molecule is CCOC(=O)N1CCC(NC(=NC)NCC2CCCN(CC(C)C)C2)CC1.I. The van der Waals surface area contributed by atoms with Crippen molar-refractivity contribution in [3.05, 3.63) is 0 Å². The third kappa shape index (κ3) is 8.71. The van der Waals surface area contributed by atoms with E-state index in [1.165, 1.54) is 32.5 Å². The molecule has 28 heavy (non-hydrogen) atoms. The first-order valence-corrected chi connectivity index (χ1v) is 10.6. The fourth-order valence-corrected chi connectivity index (χ4v) is 4.05. The lowest BCUT2D eigenvalue weighted by molar-refractivity contribution is 0.0963. The van der Waals surface area contributed by atoms with Gasteiger partial charge in [-0.2, -0.15) is 0 Å². The average Bonchev–Trinajstić information content (AvgIpc) is 2.65. The summed E-state index contributed by atoms with van der Waals surface area (Å²) < 4.78 is 5.08. The van der Waals surface area contributed by atoms with E-state index < -0.39 is 0 Å². The van der Waals surface area contributed by atoms with Gasteiger partial charge < -0.3 is 25.2 Å². The molecule has 2 heterocycles. The molecular formula is C20H40IN5O2. The number of likely N-dealkylation sites (tertiary alicyclic amines) is 2. The van der Waals surface area contributed by atoms with Crippen LogP contribution in [-0.2, 0) is 4.74 Å². The second-order valence-corrected chi connectivity index (χ2v) is 8.22. The van der Waals surface area contributed by atoms with E-state index in [4.69, 9.17) is 4.74 Å². The molecule has 2 saturated heterocycles. The Morgan fingerprint density at radius 2 is 1.93 bits per heavy atom. The Hall–Kier alpha value is -0.770. The minimum atomic E-state index is -0.193. The molecule has 164 valence electrons. The van der Waals surface area contributed by atoms with Crippen LogP contribution >= 0.6 is 24.0 Å². The second-order valence-electron chi connectivity index (χ2n) is 8.22. The summed E-state index contributed by atoms with van der Waals surface area (Å²) in [6, 6.07) is 0.352. The van der Waals surface area contributed by atoms with Crippen LogP contribution in [0.2, 0.25) is 0 Å². The van der Waals surface area contributed by atoms with Crippen molar-refractivity contribution in [1.82, 2.24) is 20.4 Å². The van der Waals surface area contributed by atoms with Gasteiger partial charge in [-0.1, -0.05) is 13.8 Å². The van der Waals surface area contributed by atoms with Gasteiger partial charge in [-0.3, -0.25) is 4.99 Å². The van der Waals surface area contributed by atoms with E-state index in [-0.39, 0.29) is 30.1 Å². The number of guanidine groups is 1. The standard InChI is InChI=1S/C20H39N5O2.HI/c1-5-27-20(26)25-11-8-18(9-12-25)23-19(21-4)22-13-17-7-6-10-24(15-17)14-16(2)3;/h16-18H,5-15H2,1-4H3,(H2,21,22,23);1H. The van der Waals surface area contributed by atoms with Gasteiger partial charge in [-0.25, -0.2) is 4.79 Å². The van der Waals surface area contributed by atoms with Crippen LogP contribution in [0.4, 0.5) is 4.79 Å². The highest BCUT2D eigenvalue weighted by atomic mass is 127. The highest BCUT2D eigenvalue weighted by Gasteiger charge is 2.25. The summed E-state index contributed by atoms with van der Waals surface area (Å²) in [5.41, 5.74) is 0. The van der Waals surface area contributed by atoms with Crippen molar-refractivity contribution in [1.29, 1.82) is 0 Å². The van der Waals surface area contributed by atoms with Crippen LogP contribution in [0.1, 0.15) is 46.5 Å². The van der Waals surface area contributed by atoms with Crippen LogP contribution < -0.4 is 10.6 Å². The Balaban J connectivity index is 0.00000392. The molecule has 7 nitrogen and oxygen atoms in total. The van der Waals surface area contributed by atoms with Crippen molar-refractivity contribution < 1.29 is 9.53 Å². The molecule has 2 aliphatic heterocycles. The Morgan fingerprint density at radius 1 is 1.21 bits per heavy atom. The molecule has 2 rings (SSSR count). The fourth-order valence-electron chi connectivity index (χ4n) is 4.05. The molecule has 0 bridgehead atoms. The lowest BCUT2D eigenvalue weighted by Crippen LogP contribution is -2.51. The Morgan fingerprint density at radius 3 is 2.54 bits per heavy atom. The third-order valence-electron chi connectivity index (χ3n) is 5.37. The summed E-state index contributed by atoms with van der Waals surface area (Å²) >= 11 is 0. The second kappa shape index (κ2) is 13.5. The normalized spacial score (nSPS) is 22.0. The zero-order valence-electron chi connectivity index (χ0n) is 18.1. The van der Waals surface area contributed by atoms with Gasteiger partial charge >= 0.3 is 6.09 Å². The summed E-state index contributed by atoms with van der Waals surface area (Å²) in [4.78, 5) is 20.6. The fraction of sp³-hybridized carbons (Fsp3) is 0.900. The number of hydrogen-bond acceptors (Lipinski definition) is 4. The summed E-state index contributed by atoms with van der Waals surface area (Å²) in [6.07, 6.45) is 4.23. The van der Waals surface area contributed by atoms with Crippen molar-refractivity contribution in [2.24, 2.45) is 16.8 Å². The molecule has 2 N–H and O–H groups in total. The molecule has 1 unspecified atom stereocenters. The molecule has 8 heteroatoms. The van der Waals surface area contributed by atoms with Gasteiger partial charge in [0.1, 0.15) is 0 Å². The summed E-state index contributed by atoms with van der Waals surface area (Å²) in [5.74, 6) is 2.29. The van der Waals surface area contributed by atoms with E-state index in [2.05, 4.69) is 34.4 Å². The number of rotatable bonds is 6. The van der Waals surface area contributed by atoms with E-state index in [0.29, 0.717) is 18.6 Å². The lowest BCUT2D eigenvalue weighted by atomic mass is 9.97. The largest absolute Gasteiger partial charge is 0.450 e. The number of aliphatic imine (C=N–C) groups is 1. The van der Waals surface area contributed by atoms with Crippen LogP contribution in [0.3, 0.4) is 0 Å². The highest BCUT2D eigenvalue weighted by Crippen LogP contribution is 2.17. The summed E-state index contributed by atoms with van der Waals surface area (Å²) in [5, 5.41) is 7.05. The molecule has 0 aromatic heterocycles. The first-order valence-electron chi connectivity index (χ1n) is 10.6. The van der Waals surface area contributed by atoms with Crippen molar-refractivity contribution in [2.75, 3.05) is 52.9 Å². The van der Waals surface area contributed by atoms with Gasteiger partial charge in [0.2, 0.25) is 0 Å². The maximum absolute atomic E-state index is 11.8. The number of amides is 1. The monoisotopic (exact) mass is 509 g/mol. The van der Waals surface area contributed by atoms with Gasteiger partial charge in [-0.05, 0) is 51.0 Å². The number of halogens is 1. The lowest BCUT2D eigenvalue weighted by Gasteiger charge is -2.35. The van der Waals surface area contributed by atoms with Crippen molar-refractivity contribution in [2.45, 2.75) is 52.5 Å². The Labute approximate surface area is 188 Å². The van der Waals surface area contributed by atoms with Crippen LogP contribution in [0, 0.1) is 11.8 Å². The zero-order valence-corrected chi connectivity index (χ0v) is 20.4. The number of piperidine rings is 2. The van der Waals surface area contributed by atoms with Gasteiger partial charge in [-0.15, -0.1) is 24.0 Å². The van der Waals surface area contributed by atoms with Crippen molar-refractivity contribution in [3.63, 3.8) is 0 Å². The topological polar surface area (TPSA) is 69.2 Å². The van der Waals surface area contributed by atoms with Crippen LogP contribution in [0.25, 0.3) is 0 Å². The molecule has 0 aliphatic carbocycles. The molecule has 0 aromatic carbocycles. The van der Waals surface area contributed by atoms with Crippen LogP contribution in [0.15, 0.2) is 4.99 Å². The quantitative estimate of drug-likeness (QED) is 0.328. The van der Waals surface area contributed by atoms with Crippen molar-refractivity contribution in [3.8, 4) is 0 Å². The maximum atomic E-state index is 11.8. The Kier molecular flexibility index (Phi) is 12.1. The zero-order chi connectivity index (χ0) is 19.6. The predicted molar refractivity (Wildman–Crippen MR) is 126 cm³/mol. The number of nitrogens with zero attached hydrogens (tertiary/aromatic N) is 3. The van der Waals surface area contributed by atoms with Gasteiger partial charge in [0, 0.05) is 45.8 Å². The predicted octanol–water partition coefficient (Wildman–Crippen LogP) is 2.76. The van der Waals surface area contributed by atoms with Crippen LogP contribution in [0.5, 0.6) is 0 Å². The summed E-state index contributed by atoms with van der Waals surface area (Å²) in [6.45, 7) is 12.9. The molecule has 1 amide bonds.